The van der Waals surface area contributed by atoms with Crippen LogP contribution in [0.4, 0.5) is 0 Å². The van der Waals surface area contributed by atoms with Gasteiger partial charge in [0.05, 0.1) is 0 Å². The molecule has 0 aromatic carbocycles. The molecular weight excluding hydrogens is 304 g/mol. The van der Waals surface area contributed by atoms with E-state index in [2.05, 4.69) is 26.0 Å². The number of nitrogens with zero attached hydrogens (tertiary/aromatic N) is 1. The standard InChI is InChI=1S/C6H2BrCl3NO2/c7-3-1-4(11-2-3)5(12)13-6(8,9)10/h1-2H. The largest absolute Gasteiger partial charge is 0.410 e. The number of hydrogen-bond donors (Lipinski definition) is 0. The van der Waals surface area contributed by atoms with Crippen LogP contribution in [0, 0.1) is 0 Å². The molecule has 0 atom stereocenters. The fourth-order valence-corrected chi connectivity index (χ4v) is 1.13. The molecule has 0 unspecified atom stereocenters. The first-order valence-corrected chi connectivity index (χ1v) is 4.89. The molecule has 0 saturated heterocycles. The van der Waals surface area contributed by atoms with Crippen LogP contribution in [0.2, 0.25) is 0 Å². The first kappa shape index (κ1) is 11.2. The lowest BCUT2D eigenvalue weighted by Crippen LogP contribution is -2.19. The summed E-state index contributed by atoms with van der Waals surface area (Å²) in [5.41, 5.74) is 0.0817. The van der Waals surface area contributed by atoms with Gasteiger partial charge in [-0.2, -0.15) is 0 Å². The SMILES string of the molecule is O=C(OC(Cl)(Cl)Cl)C1=CC(Br)=C[N]1. The highest BCUT2D eigenvalue weighted by Gasteiger charge is 2.28. The van der Waals surface area contributed by atoms with E-state index >= 15 is 0 Å². The quantitative estimate of drug-likeness (QED) is 0.552. The molecule has 0 spiro atoms. The monoisotopic (exact) mass is 304 g/mol. The molecular formula is C6H2BrCl3NO2. The first-order chi connectivity index (χ1) is 5.88. The van der Waals surface area contributed by atoms with Crippen molar-refractivity contribution in [2.45, 2.75) is 3.98 Å². The maximum absolute atomic E-state index is 11.1. The van der Waals surface area contributed by atoms with E-state index in [0.717, 1.165) is 0 Å². The van der Waals surface area contributed by atoms with Gasteiger partial charge in [-0.3, -0.25) is 0 Å². The number of carbonyl (C=O) groups excluding carboxylic acids is 1. The second-order valence-electron chi connectivity index (χ2n) is 2.01. The van der Waals surface area contributed by atoms with E-state index in [0.29, 0.717) is 4.48 Å². The van der Waals surface area contributed by atoms with Gasteiger partial charge in [0.15, 0.2) is 0 Å². The summed E-state index contributed by atoms with van der Waals surface area (Å²) in [5, 5.41) is 3.70. The Morgan fingerprint density at radius 3 is 2.54 bits per heavy atom. The summed E-state index contributed by atoms with van der Waals surface area (Å²) in [5.74, 6) is -0.786. The average molecular weight is 306 g/mol. The van der Waals surface area contributed by atoms with Gasteiger partial charge in [0, 0.05) is 10.7 Å². The summed E-state index contributed by atoms with van der Waals surface area (Å²) in [6, 6.07) is 0. The highest BCUT2D eigenvalue weighted by molar-refractivity contribution is 9.11. The molecule has 1 rings (SSSR count). The van der Waals surface area contributed by atoms with E-state index in [9.17, 15) is 4.79 Å². The van der Waals surface area contributed by atoms with Gasteiger partial charge in [-0.05, 0) is 56.8 Å². The van der Waals surface area contributed by atoms with Crippen LogP contribution in [0.25, 0.3) is 0 Å². The third-order valence-electron chi connectivity index (χ3n) is 1.02. The van der Waals surface area contributed by atoms with Gasteiger partial charge in [0.2, 0.25) is 0 Å². The Hall–Kier alpha value is 0.1000. The predicted molar refractivity (Wildman–Crippen MR) is 53.6 cm³/mol. The number of hydrogen-bond acceptors (Lipinski definition) is 2. The minimum atomic E-state index is -2.05. The summed E-state index contributed by atoms with van der Waals surface area (Å²) in [4.78, 5) is 11.1. The number of alkyl halides is 3. The van der Waals surface area contributed by atoms with Gasteiger partial charge in [-0.15, -0.1) is 0 Å². The minimum Gasteiger partial charge on any atom is -0.410 e. The summed E-state index contributed by atoms with van der Waals surface area (Å²) < 4.78 is 3.01. The van der Waals surface area contributed by atoms with Gasteiger partial charge in [0.1, 0.15) is 5.70 Å². The molecule has 0 N–H and O–H groups in total. The van der Waals surface area contributed by atoms with Crippen molar-refractivity contribution in [3.05, 3.63) is 22.5 Å². The second kappa shape index (κ2) is 4.09. The van der Waals surface area contributed by atoms with Crippen LogP contribution in [0.3, 0.4) is 0 Å². The van der Waals surface area contributed by atoms with Gasteiger partial charge in [0.25, 0.3) is 0 Å². The molecule has 0 aromatic rings. The summed E-state index contributed by atoms with van der Waals surface area (Å²) in [7, 11) is 0. The Morgan fingerprint density at radius 2 is 2.15 bits per heavy atom. The van der Waals surface area contributed by atoms with E-state index in [-0.39, 0.29) is 5.70 Å². The number of esters is 1. The molecule has 1 aliphatic rings. The van der Waals surface area contributed by atoms with Crippen LogP contribution in [0.15, 0.2) is 22.5 Å². The minimum absolute atomic E-state index is 0.0817. The molecule has 0 aromatic heterocycles. The van der Waals surface area contributed by atoms with Crippen molar-refractivity contribution >= 4 is 56.7 Å². The van der Waals surface area contributed by atoms with E-state index in [1.807, 2.05) is 0 Å². The van der Waals surface area contributed by atoms with Crippen molar-refractivity contribution < 1.29 is 9.53 Å². The smallest absolute Gasteiger partial charge is 0.360 e. The Bertz CT molecular complexity index is 295. The second-order valence-corrected chi connectivity index (χ2v) is 5.10. The lowest BCUT2D eigenvalue weighted by atomic mass is 10.4. The van der Waals surface area contributed by atoms with Gasteiger partial charge in [-0.25, -0.2) is 10.1 Å². The molecule has 7 heteroatoms. The Labute approximate surface area is 97.8 Å². The van der Waals surface area contributed by atoms with Crippen LogP contribution < -0.4 is 5.32 Å². The maximum Gasteiger partial charge on any atom is 0.360 e. The van der Waals surface area contributed by atoms with Crippen molar-refractivity contribution in [1.29, 1.82) is 0 Å². The zero-order valence-electron chi connectivity index (χ0n) is 5.93. The Kier molecular flexibility index (Phi) is 3.51. The Balaban J connectivity index is 2.57. The van der Waals surface area contributed by atoms with Crippen LogP contribution in [-0.2, 0) is 9.53 Å². The van der Waals surface area contributed by atoms with Crippen molar-refractivity contribution in [1.82, 2.24) is 5.32 Å². The van der Waals surface area contributed by atoms with Crippen LogP contribution in [0.5, 0.6) is 0 Å². The Morgan fingerprint density at radius 1 is 1.54 bits per heavy atom. The molecule has 0 amide bonds. The van der Waals surface area contributed by atoms with E-state index in [1.54, 1.807) is 0 Å². The van der Waals surface area contributed by atoms with Crippen LogP contribution in [0.1, 0.15) is 0 Å². The molecule has 1 radical (unpaired) electrons. The fourth-order valence-electron chi connectivity index (χ4n) is 0.605. The number of halogens is 4. The van der Waals surface area contributed by atoms with Crippen molar-refractivity contribution in [2.75, 3.05) is 0 Å². The topological polar surface area (TPSA) is 40.4 Å². The number of carbonyl (C=O) groups is 1. The van der Waals surface area contributed by atoms with Crippen LogP contribution >= 0.6 is 50.7 Å². The van der Waals surface area contributed by atoms with Gasteiger partial charge in [-0.1, -0.05) is 0 Å². The zero-order valence-corrected chi connectivity index (χ0v) is 9.78. The number of rotatable bonds is 1. The van der Waals surface area contributed by atoms with Crippen LogP contribution in [-0.4, -0.2) is 9.95 Å². The van der Waals surface area contributed by atoms with Crippen molar-refractivity contribution in [2.24, 2.45) is 0 Å². The van der Waals surface area contributed by atoms with Gasteiger partial charge < -0.3 is 4.74 Å². The third-order valence-corrected chi connectivity index (χ3v) is 1.68. The van der Waals surface area contributed by atoms with Gasteiger partial charge >= 0.3 is 9.95 Å². The predicted octanol–water partition coefficient (Wildman–Crippen LogP) is 2.60. The molecule has 0 aliphatic carbocycles. The van der Waals surface area contributed by atoms with Crippen molar-refractivity contribution in [3.8, 4) is 0 Å². The maximum atomic E-state index is 11.1. The van der Waals surface area contributed by atoms with Crippen molar-refractivity contribution in [3.63, 3.8) is 0 Å². The highest BCUT2D eigenvalue weighted by Crippen LogP contribution is 2.29. The van der Waals surface area contributed by atoms with E-state index in [4.69, 9.17) is 34.8 Å². The number of allylic oxidation sites excluding steroid dienone is 2. The molecule has 0 fully saturated rings. The lowest BCUT2D eigenvalue weighted by molar-refractivity contribution is -0.140. The normalized spacial score (nSPS) is 16.0. The zero-order chi connectivity index (χ0) is 10.1. The summed E-state index contributed by atoms with van der Waals surface area (Å²) in [6.07, 6.45) is 2.90. The highest BCUT2D eigenvalue weighted by atomic mass is 79.9. The molecule has 1 heterocycles. The molecule has 0 saturated carbocycles. The average Bonchev–Trinajstić information content (AvgIpc) is 2.31. The van der Waals surface area contributed by atoms with E-state index in [1.165, 1.54) is 12.3 Å². The molecule has 71 valence electrons. The fraction of sp³-hybridized carbons (Fsp3) is 0.167. The first-order valence-electron chi connectivity index (χ1n) is 2.97. The molecule has 13 heavy (non-hydrogen) atoms. The van der Waals surface area contributed by atoms with E-state index < -0.39 is 9.95 Å². The molecule has 1 aliphatic heterocycles. The number of ether oxygens (including phenoxy) is 1. The molecule has 3 nitrogen and oxygen atoms in total. The summed E-state index contributed by atoms with van der Waals surface area (Å²) in [6.45, 7) is 0. The molecule has 0 bridgehead atoms. The summed E-state index contributed by atoms with van der Waals surface area (Å²) >= 11 is 18.8. The lowest BCUT2D eigenvalue weighted by Gasteiger charge is -2.11. The third kappa shape index (κ3) is 3.77.